The molecule has 1 atom stereocenters. The normalized spacial score (nSPS) is 21.1. The summed E-state index contributed by atoms with van der Waals surface area (Å²) in [6, 6.07) is 4.27. The molecule has 1 aromatic rings. The molecule has 1 aliphatic heterocycles. The standard InChI is InChI=1S/C10H13FN2O/c11-7-3-8(12)5-10(4-7)14-9-1-2-13-6-9/h3-5,9,13H,1-2,6,12H2/t9-/m1/s1. The van der Waals surface area contributed by atoms with Gasteiger partial charge in [-0.1, -0.05) is 0 Å². The third kappa shape index (κ3) is 2.14. The van der Waals surface area contributed by atoms with Gasteiger partial charge in [0.1, 0.15) is 17.7 Å². The van der Waals surface area contributed by atoms with Crippen LogP contribution >= 0.6 is 0 Å². The second-order valence-electron chi connectivity index (χ2n) is 3.45. The molecule has 0 radical (unpaired) electrons. The molecule has 1 aromatic carbocycles. The van der Waals surface area contributed by atoms with Gasteiger partial charge < -0.3 is 15.8 Å². The molecule has 1 aliphatic rings. The second-order valence-corrected chi connectivity index (χ2v) is 3.45. The Morgan fingerprint density at radius 3 is 2.93 bits per heavy atom. The molecule has 0 aromatic heterocycles. The summed E-state index contributed by atoms with van der Waals surface area (Å²) in [6.45, 7) is 1.77. The molecule has 0 saturated carbocycles. The highest BCUT2D eigenvalue weighted by Crippen LogP contribution is 2.20. The van der Waals surface area contributed by atoms with Gasteiger partial charge in [-0.2, -0.15) is 0 Å². The van der Waals surface area contributed by atoms with Gasteiger partial charge in [0, 0.05) is 24.4 Å². The lowest BCUT2D eigenvalue weighted by molar-refractivity contribution is 0.222. The monoisotopic (exact) mass is 196 g/mol. The van der Waals surface area contributed by atoms with E-state index in [2.05, 4.69) is 5.32 Å². The summed E-state index contributed by atoms with van der Waals surface area (Å²) in [4.78, 5) is 0. The number of nitrogens with two attached hydrogens (primary N) is 1. The molecule has 1 fully saturated rings. The molecule has 0 aliphatic carbocycles. The fourth-order valence-electron chi connectivity index (χ4n) is 1.57. The van der Waals surface area contributed by atoms with E-state index < -0.39 is 0 Å². The smallest absolute Gasteiger partial charge is 0.128 e. The average Bonchev–Trinajstić information content (AvgIpc) is 2.54. The van der Waals surface area contributed by atoms with Gasteiger partial charge in [0.15, 0.2) is 0 Å². The van der Waals surface area contributed by atoms with Crippen LogP contribution in [0.4, 0.5) is 10.1 Å². The van der Waals surface area contributed by atoms with E-state index >= 15 is 0 Å². The highest BCUT2D eigenvalue weighted by atomic mass is 19.1. The van der Waals surface area contributed by atoms with Gasteiger partial charge in [0.25, 0.3) is 0 Å². The van der Waals surface area contributed by atoms with Crippen molar-refractivity contribution in [2.75, 3.05) is 18.8 Å². The SMILES string of the molecule is Nc1cc(F)cc(O[C@@H]2CCNC2)c1. The van der Waals surface area contributed by atoms with Crippen molar-refractivity contribution in [1.29, 1.82) is 0 Å². The topological polar surface area (TPSA) is 47.3 Å². The molecule has 1 heterocycles. The van der Waals surface area contributed by atoms with E-state index in [0.717, 1.165) is 19.5 Å². The number of halogens is 1. The van der Waals surface area contributed by atoms with Crippen LogP contribution < -0.4 is 15.8 Å². The molecule has 76 valence electrons. The van der Waals surface area contributed by atoms with Gasteiger partial charge >= 0.3 is 0 Å². The Morgan fingerprint density at radius 2 is 2.29 bits per heavy atom. The predicted molar refractivity (Wildman–Crippen MR) is 52.7 cm³/mol. The number of hydrogen-bond donors (Lipinski definition) is 2. The summed E-state index contributed by atoms with van der Waals surface area (Å²) in [6.07, 6.45) is 1.09. The summed E-state index contributed by atoms with van der Waals surface area (Å²) in [5.41, 5.74) is 5.89. The van der Waals surface area contributed by atoms with Crippen molar-refractivity contribution in [2.45, 2.75) is 12.5 Å². The number of hydrogen-bond acceptors (Lipinski definition) is 3. The minimum atomic E-state index is -0.356. The van der Waals surface area contributed by atoms with E-state index in [0.29, 0.717) is 11.4 Å². The molecular formula is C10H13FN2O. The zero-order valence-corrected chi connectivity index (χ0v) is 7.79. The Morgan fingerprint density at radius 1 is 1.43 bits per heavy atom. The van der Waals surface area contributed by atoms with E-state index in [1.807, 2.05) is 0 Å². The first-order valence-corrected chi connectivity index (χ1v) is 4.67. The van der Waals surface area contributed by atoms with E-state index in [1.54, 1.807) is 6.07 Å². The number of anilines is 1. The quantitative estimate of drug-likeness (QED) is 0.697. The van der Waals surface area contributed by atoms with Crippen LogP contribution in [0.1, 0.15) is 6.42 Å². The lowest BCUT2D eigenvalue weighted by atomic mass is 10.3. The van der Waals surface area contributed by atoms with Crippen LogP contribution in [-0.2, 0) is 0 Å². The second kappa shape index (κ2) is 3.84. The Labute approximate surface area is 82.1 Å². The fourth-order valence-corrected chi connectivity index (χ4v) is 1.57. The molecule has 0 spiro atoms. The van der Waals surface area contributed by atoms with E-state index in [4.69, 9.17) is 10.5 Å². The van der Waals surface area contributed by atoms with Gasteiger partial charge in [-0.05, 0) is 19.0 Å². The third-order valence-electron chi connectivity index (χ3n) is 2.21. The first-order chi connectivity index (χ1) is 6.74. The van der Waals surface area contributed by atoms with Crippen molar-refractivity contribution in [3.05, 3.63) is 24.0 Å². The van der Waals surface area contributed by atoms with Crippen molar-refractivity contribution < 1.29 is 9.13 Å². The summed E-state index contributed by atoms with van der Waals surface area (Å²) in [5.74, 6) is 0.155. The summed E-state index contributed by atoms with van der Waals surface area (Å²) in [5, 5.41) is 3.17. The maximum atomic E-state index is 12.9. The van der Waals surface area contributed by atoms with Crippen molar-refractivity contribution in [3.8, 4) is 5.75 Å². The molecule has 0 amide bonds. The highest BCUT2D eigenvalue weighted by molar-refractivity contribution is 5.44. The maximum Gasteiger partial charge on any atom is 0.128 e. The molecule has 4 heteroatoms. The summed E-state index contributed by atoms with van der Waals surface area (Å²) >= 11 is 0. The van der Waals surface area contributed by atoms with Gasteiger partial charge in [-0.25, -0.2) is 4.39 Å². The molecule has 14 heavy (non-hydrogen) atoms. The number of nitrogens with one attached hydrogen (secondary N) is 1. The van der Waals surface area contributed by atoms with Gasteiger partial charge in [0.2, 0.25) is 0 Å². The zero-order chi connectivity index (χ0) is 9.97. The molecule has 0 bridgehead atoms. The van der Waals surface area contributed by atoms with Crippen LogP contribution in [0.3, 0.4) is 0 Å². The minimum Gasteiger partial charge on any atom is -0.489 e. The lowest BCUT2D eigenvalue weighted by Crippen LogP contribution is -2.19. The lowest BCUT2D eigenvalue weighted by Gasteiger charge is -2.12. The molecule has 2 rings (SSSR count). The molecule has 3 N–H and O–H groups in total. The molecule has 3 nitrogen and oxygen atoms in total. The molecule has 1 saturated heterocycles. The third-order valence-corrected chi connectivity index (χ3v) is 2.21. The number of ether oxygens (including phenoxy) is 1. The maximum absolute atomic E-state index is 12.9. The first kappa shape index (κ1) is 9.27. The number of rotatable bonds is 2. The Hall–Kier alpha value is -1.29. The van der Waals surface area contributed by atoms with E-state index in [9.17, 15) is 4.39 Å². The van der Waals surface area contributed by atoms with Gasteiger partial charge in [-0.15, -0.1) is 0 Å². The van der Waals surface area contributed by atoms with Crippen LogP contribution in [0, 0.1) is 5.82 Å². The zero-order valence-electron chi connectivity index (χ0n) is 7.79. The fraction of sp³-hybridized carbons (Fsp3) is 0.400. The van der Waals surface area contributed by atoms with Crippen LogP contribution in [-0.4, -0.2) is 19.2 Å². The molecular weight excluding hydrogens is 183 g/mol. The van der Waals surface area contributed by atoms with Gasteiger partial charge in [0.05, 0.1) is 0 Å². The largest absolute Gasteiger partial charge is 0.489 e. The minimum absolute atomic E-state index is 0.135. The average molecular weight is 196 g/mol. The van der Waals surface area contributed by atoms with E-state index in [1.165, 1.54) is 12.1 Å². The van der Waals surface area contributed by atoms with Crippen molar-refractivity contribution in [2.24, 2.45) is 0 Å². The highest BCUT2D eigenvalue weighted by Gasteiger charge is 2.16. The Balaban J connectivity index is 2.07. The van der Waals surface area contributed by atoms with Crippen LogP contribution in [0.2, 0.25) is 0 Å². The Bertz CT molecular complexity index is 304. The first-order valence-electron chi connectivity index (χ1n) is 4.67. The number of nitrogen functional groups attached to an aromatic ring is 1. The Kier molecular flexibility index (Phi) is 2.54. The van der Waals surface area contributed by atoms with Crippen molar-refractivity contribution in [1.82, 2.24) is 5.32 Å². The predicted octanol–water partition coefficient (Wildman–Crippen LogP) is 1.15. The van der Waals surface area contributed by atoms with Crippen LogP contribution in [0.5, 0.6) is 5.75 Å². The van der Waals surface area contributed by atoms with Crippen LogP contribution in [0.15, 0.2) is 18.2 Å². The van der Waals surface area contributed by atoms with Crippen LogP contribution in [0.25, 0.3) is 0 Å². The van der Waals surface area contributed by atoms with E-state index in [-0.39, 0.29) is 11.9 Å². The molecule has 0 unspecified atom stereocenters. The summed E-state index contributed by atoms with van der Waals surface area (Å²) in [7, 11) is 0. The number of benzene rings is 1. The van der Waals surface area contributed by atoms with Crippen molar-refractivity contribution >= 4 is 5.69 Å². The van der Waals surface area contributed by atoms with Gasteiger partial charge in [-0.3, -0.25) is 0 Å². The van der Waals surface area contributed by atoms with Crippen molar-refractivity contribution in [3.63, 3.8) is 0 Å². The summed E-state index contributed by atoms with van der Waals surface area (Å²) < 4.78 is 18.5.